The van der Waals surface area contributed by atoms with Gasteiger partial charge in [0.05, 0.1) is 37.7 Å². The van der Waals surface area contributed by atoms with E-state index in [1.807, 2.05) is 75.5 Å². The summed E-state index contributed by atoms with van der Waals surface area (Å²) in [7, 11) is 3.17. The van der Waals surface area contributed by atoms with Crippen molar-refractivity contribution >= 4 is 42.6 Å². The zero-order valence-corrected chi connectivity index (χ0v) is 33.2. The second kappa shape index (κ2) is 20.5. The van der Waals surface area contributed by atoms with E-state index in [9.17, 15) is 14.4 Å². The molecule has 3 aromatic rings. The summed E-state index contributed by atoms with van der Waals surface area (Å²) in [5.74, 6) is 7.72. The van der Waals surface area contributed by atoms with E-state index in [-0.39, 0.29) is 31.7 Å². The third-order valence-corrected chi connectivity index (χ3v) is 9.81. The lowest BCUT2D eigenvalue weighted by Gasteiger charge is -2.38. The molecule has 2 atom stereocenters. The van der Waals surface area contributed by atoms with Gasteiger partial charge in [0.15, 0.2) is 23.0 Å². The van der Waals surface area contributed by atoms with Gasteiger partial charge in [-0.15, -0.1) is 0 Å². The summed E-state index contributed by atoms with van der Waals surface area (Å²) >= 11 is 0. The monoisotopic (exact) mass is 774 g/mol. The van der Waals surface area contributed by atoms with Crippen LogP contribution in [0.1, 0.15) is 74.6 Å². The van der Waals surface area contributed by atoms with Crippen molar-refractivity contribution in [2.75, 3.05) is 20.8 Å². The number of carbonyl (C=O) groups is 3. The summed E-state index contributed by atoms with van der Waals surface area (Å²) in [6.07, 6.45) is 12.6. The van der Waals surface area contributed by atoms with Gasteiger partial charge in [0.25, 0.3) is 0 Å². The molecule has 12 heteroatoms. The van der Waals surface area contributed by atoms with Crippen LogP contribution in [0, 0.1) is 18.8 Å². The fraction of sp³-hybridized carbons (Fsp3) is 0.356. The number of hydrogen-bond acceptors (Lipinski definition) is 9. The van der Waals surface area contributed by atoms with Crippen LogP contribution in [0.3, 0.4) is 0 Å². The number of methoxy groups -OCH3 is 2. The van der Waals surface area contributed by atoms with E-state index in [4.69, 9.17) is 29.0 Å². The van der Waals surface area contributed by atoms with E-state index in [0.717, 1.165) is 53.6 Å². The molecule has 57 heavy (non-hydrogen) atoms. The fourth-order valence-electron chi connectivity index (χ4n) is 6.56. The molecule has 2 aliphatic rings. The minimum atomic E-state index is -0.814. The molecule has 2 amide bonds. The largest absolute Gasteiger partial charge is 0.493 e. The van der Waals surface area contributed by atoms with Crippen LogP contribution in [0.15, 0.2) is 81.9 Å². The minimum absolute atomic E-state index is 0.0981. The van der Waals surface area contributed by atoms with Crippen molar-refractivity contribution < 1.29 is 38.4 Å². The highest BCUT2D eigenvalue weighted by atomic mass is 16.5. The molecule has 0 radical (unpaired) electrons. The number of allylic oxidation sites excluding steroid dienone is 2. The molecule has 1 N–H and O–H groups in total. The summed E-state index contributed by atoms with van der Waals surface area (Å²) in [6, 6.07) is 14.8. The first-order chi connectivity index (χ1) is 27.7. The number of likely N-dealkylation sites (tertiary alicyclic amines) is 2. The van der Waals surface area contributed by atoms with Gasteiger partial charge in [-0.05, 0) is 93.1 Å². The van der Waals surface area contributed by atoms with Gasteiger partial charge in [-0.25, -0.2) is 0 Å². The zero-order chi connectivity index (χ0) is 40.7. The fourth-order valence-corrected chi connectivity index (χ4v) is 6.56. The highest BCUT2D eigenvalue weighted by molar-refractivity contribution is 5.77. The molecule has 5 rings (SSSR count). The van der Waals surface area contributed by atoms with Crippen LogP contribution in [-0.2, 0) is 27.6 Å². The highest BCUT2D eigenvalue weighted by Crippen LogP contribution is 2.36. The van der Waals surface area contributed by atoms with Crippen LogP contribution >= 0.6 is 0 Å². The Morgan fingerprint density at radius 2 is 1.56 bits per heavy atom. The maximum Gasteiger partial charge on any atom is 0.303 e. The molecule has 12 nitrogen and oxygen atoms in total. The van der Waals surface area contributed by atoms with Gasteiger partial charge in [0, 0.05) is 61.6 Å². The Balaban J connectivity index is 1.35. The summed E-state index contributed by atoms with van der Waals surface area (Å²) in [4.78, 5) is 46.9. The molecule has 2 unspecified atom stereocenters. The van der Waals surface area contributed by atoms with E-state index >= 15 is 0 Å². The van der Waals surface area contributed by atoms with Crippen molar-refractivity contribution in [2.45, 2.75) is 84.6 Å². The molecule has 0 aliphatic carbocycles. The number of ether oxygens (including phenoxy) is 4. The van der Waals surface area contributed by atoms with Crippen molar-refractivity contribution in [2.24, 2.45) is 9.98 Å². The number of amides is 2. The predicted molar refractivity (Wildman–Crippen MR) is 220 cm³/mol. The molecule has 0 bridgehead atoms. The SMILES string of the molecule is C/C=C1\CC(C=Nc2cc(OCc3cc(C#CCCCCC(=O)O)cc(COc4cc(N=CC5C/C(=C\C)N5C=O)ccc4OC)c3)c(OC)cc2C)N(C=O)C1. The number of rotatable bonds is 18. The number of unbranched alkanes of at least 4 members (excludes halogenated alkanes) is 2. The number of carbonyl (C=O) groups excluding carboxylic acids is 2. The Bertz CT molecular complexity index is 2110. The van der Waals surface area contributed by atoms with Gasteiger partial charge in [0.2, 0.25) is 12.8 Å². The van der Waals surface area contributed by atoms with Crippen molar-refractivity contribution in [1.82, 2.24) is 9.80 Å². The third kappa shape index (κ3) is 11.4. The average molecular weight is 775 g/mol. The number of aryl methyl sites for hydroxylation is 1. The van der Waals surface area contributed by atoms with Gasteiger partial charge in [0.1, 0.15) is 13.2 Å². The van der Waals surface area contributed by atoms with E-state index in [1.54, 1.807) is 42.4 Å². The molecule has 0 spiro atoms. The van der Waals surface area contributed by atoms with Gasteiger partial charge >= 0.3 is 5.97 Å². The van der Waals surface area contributed by atoms with Crippen LogP contribution in [-0.4, -0.2) is 79.0 Å². The summed E-state index contributed by atoms with van der Waals surface area (Å²) < 4.78 is 24.0. The Morgan fingerprint density at radius 3 is 2.21 bits per heavy atom. The van der Waals surface area contributed by atoms with Crippen molar-refractivity contribution in [3.8, 4) is 34.8 Å². The Kier molecular flexibility index (Phi) is 15.1. The lowest BCUT2D eigenvalue weighted by Crippen LogP contribution is -2.45. The highest BCUT2D eigenvalue weighted by Gasteiger charge is 2.30. The topological polar surface area (TPSA) is 140 Å². The van der Waals surface area contributed by atoms with E-state index in [1.165, 1.54) is 5.57 Å². The first kappa shape index (κ1) is 41.8. The number of carboxylic acid groups (broad SMARTS) is 1. The molecule has 298 valence electrons. The number of aliphatic carboxylic acids is 1. The van der Waals surface area contributed by atoms with Gasteiger partial charge in [-0.1, -0.05) is 29.6 Å². The van der Waals surface area contributed by atoms with Crippen LogP contribution in [0.25, 0.3) is 0 Å². The lowest BCUT2D eigenvalue weighted by atomic mass is 10.0. The van der Waals surface area contributed by atoms with Crippen molar-refractivity contribution in [3.05, 3.63) is 94.2 Å². The smallest absolute Gasteiger partial charge is 0.303 e. The zero-order valence-electron chi connectivity index (χ0n) is 33.2. The van der Waals surface area contributed by atoms with Gasteiger partial charge in [-0.2, -0.15) is 0 Å². The molecule has 0 saturated carbocycles. The Morgan fingerprint density at radius 1 is 0.842 bits per heavy atom. The molecule has 2 saturated heterocycles. The predicted octanol–water partition coefficient (Wildman–Crippen LogP) is 7.88. The minimum Gasteiger partial charge on any atom is -0.493 e. The second-order valence-electron chi connectivity index (χ2n) is 13.8. The van der Waals surface area contributed by atoms with E-state index in [0.29, 0.717) is 60.2 Å². The molecule has 2 aliphatic heterocycles. The molecule has 3 aromatic carbocycles. The maximum atomic E-state index is 11.7. The van der Waals surface area contributed by atoms with Crippen LogP contribution in [0.2, 0.25) is 0 Å². The number of carboxylic acids is 1. The van der Waals surface area contributed by atoms with Gasteiger partial charge in [-0.3, -0.25) is 24.4 Å². The quantitative estimate of drug-likeness (QED) is 0.0453. The molecule has 0 aromatic heterocycles. The number of nitrogens with zero attached hydrogens (tertiary/aromatic N) is 4. The average Bonchev–Trinajstić information content (AvgIpc) is 3.62. The van der Waals surface area contributed by atoms with Crippen molar-refractivity contribution in [1.29, 1.82) is 0 Å². The van der Waals surface area contributed by atoms with Crippen LogP contribution in [0.5, 0.6) is 23.0 Å². The first-order valence-corrected chi connectivity index (χ1v) is 19.0. The number of hydrogen-bond donors (Lipinski definition) is 1. The molecular formula is C45H50N4O8. The van der Waals surface area contributed by atoms with Crippen LogP contribution in [0.4, 0.5) is 11.4 Å². The number of benzene rings is 3. The maximum absolute atomic E-state index is 11.7. The standard InChI is InChI=1S/C45H50N4O8/c1-6-32-20-38(48(26-32)29-50)24-47-40-23-44(42(55-5)16-31(40)3)57-28-35-18-33(12-10-8-9-11-13-45(52)53)17-34(19-35)27-56-43-21-36(14-15-41(43)54-4)46-25-39-22-37(7-2)49(39)30-51/h6-7,14-19,21,23-25,29-30,38-39H,8-9,11,13,20,22,26-28H2,1-5H3,(H,52,53)/b32-6+,37-7+,46-25?,47-24?. The number of aliphatic imine (C=N–C) groups is 2. The van der Waals surface area contributed by atoms with E-state index < -0.39 is 5.97 Å². The Hall–Kier alpha value is -6.35. The normalized spacial score (nSPS) is 17.8. The molecule has 2 heterocycles. The van der Waals surface area contributed by atoms with Crippen molar-refractivity contribution in [3.63, 3.8) is 0 Å². The first-order valence-electron chi connectivity index (χ1n) is 19.0. The van der Waals surface area contributed by atoms with E-state index in [2.05, 4.69) is 16.8 Å². The summed E-state index contributed by atoms with van der Waals surface area (Å²) in [5.41, 5.74) is 6.88. The molecule has 2 fully saturated rings. The third-order valence-electron chi connectivity index (χ3n) is 9.81. The second-order valence-corrected chi connectivity index (χ2v) is 13.8. The van der Waals surface area contributed by atoms with Crippen LogP contribution < -0.4 is 18.9 Å². The summed E-state index contributed by atoms with van der Waals surface area (Å²) in [6.45, 7) is 6.82. The molecular weight excluding hydrogens is 725 g/mol. The summed E-state index contributed by atoms with van der Waals surface area (Å²) in [5, 5.41) is 8.97. The van der Waals surface area contributed by atoms with Gasteiger partial charge < -0.3 is 33.9 Å². The lowest BCUT2D eigenvalue weighted by molar-refractivity contribution is -0.137. The Labute approximate surface area is 334 Å².